The Morgan fingerprint density at radius 1 is 1.15 bits per heavy atom. The zero-order chi connectivity index (χ0) is 15.0. The summed E-state index contributed by atoms with van der Waals surface area (Å²) in [5.74, 6) is 1.07. The van der Waals surface area contributed by atoms with Crippen LogP contribution < -0.4 is 15.4 Å². The molecule has 7 nitrogen and oxygen atoms in total. The molecule has 1 aromatic heterocycles. The fourth-order valence-electron chi connectivity index (χ4n) is 1.55. The number of aromatic nitrogens is 3. The van der Waals surface area contributed by atoms with Gasteiger partial charge in [-0.25, -0.2) is 0 Å². The molecule has 0 aromatic carbocycles. The van der Waals surface area contributed by atoms with Crippen LogP contribution in [0.4, 0.5) is 11.9 Å². The molecule has 0 radical (unpaired) electrons. The van der Waals surface area contributed by atoms with Crippen LogP contribution in [0.3, 0.4) is 0 Å². The summed E-state index contributed by atoms with van der Waals surface area (Å²) in [6, 6.07) is 0.880. The number of methoxy groups -OCH3 is 1. The summed E-state index contributed by atoms with van der Waals surface area (Å²) in [5.41, 5.74) is 0. The average Bonchev–Trinajstić information content (AvgIpc) is 2.43. The van der Waals surface area contributed by atoms with Crippen molar-refractivity contribution in [1.82, 2.24) is 19.9 Å². The first-order chi connectivity index (χ1) is 9.56. The zero-order valence-electron chi connectivity index (χ0n) is 13.1. The first-order valence-corrected chi connectivity index (χ1v) is 7.04. The van der Waals surface area contributed by atoms with Crippen molar-refractivity contribution >= 4 is 11.9 Å². The quantitative estimate of drug-likeness (QED) is 0.664. The van der Waals surface area contributed by atoms with Gasteiger partial charge in [0, 0.05) is 19.1 Å². The van der Waals surface area contributed by atoms with Gasteiger partial charge in [0.25, 0.3) is 0 Å². The predicted octanol–water partition coefficient (Wildman–Crippen LogP) is 1.45. The van der Waals surface area contributed by atoms with Crippen LogP contribution in [0.25, 0.3) is 0 Å². The minimum atomic E-state index is 0.317. The highest BCUT2D eigenvalue weighted by Gasteiger charge is 2.06. The van der Waals surface area contributed by atoms with Crippen LogP contribution >= 0.6 is 0 Å². The average molecular weight is 282 g/mol. The molecule has 1 rings (SSSR count). The summed E-state index contributed by atoms with van der Waals surface area (Å²) in [4.78, 5) is 14.9. The highest BCUT2D eigenvalue weighted by Crippen LogP contribution is 2.10. The zero-order valence-corrected chi connectivity index (χ0v) is 13.1. The van der Waals surface area contributed by atoms with Gasteiger partial charge in [0.15, 0.2) is 0 Å². The first kappa shape index (κ1) is 16.4. The molecule has 0 fully saturated rings. The van der Waals surface area contributed by atoms with Crippen molar-refractivity contribution in [3.05, 3.63) is 0 Å². The van der Waals surface area contributed by atoms with Gasteiger partial charge in [-0.1, -0.05) is 0 Å². The van der Waals surface area contributed by atoms with Gasteiger partial charge in [0.05, 0.1) is 7.11 Å². The van der Waals surface area contributed by atoms with E-state index in [0.717, 1.165) is 26.1 Å². The van der Waals surface area contributed by atoms with Gasteiger partial charge >= 0.3 is 6.01 Å². The van der Waals surface area contributed by atoms with E-state index in [1.165, 1.54) is 0 Å². The van der Waals surface area contributed by atoms with Crippen molar-refractivity contribution in [1.29, 1.82) is 0 Å². The van der Waals surface area contributed by atoms with Crippen LogP contribution in [-0.2, 0) is 0 Å². The van der Waals surface area contributed by atoms with E-state index in [4.69, 9.17) is 4.74 Å². The number of ether oxygens (including phenoxy) is 1. The van der Waals surface area contributed by atoms with Crippen molar-refractivity contribution in [3.63, 3.8) is 0 Å². The summed E-state index contributed by atoms with van der Waals surface area (Å²) < 4.78 is 5.07. The van der Waals surface area contributed by atoms with E-state index in [-0.39, 0.29) is 0 Å². The van der Waals surface area contributed by atoms with Gasteiger partial charge in [0.1, 0.15) is 0 Å². The minimum Gasteiger partial charge on any atom is -0.467 e. The largest absolute Gasteiger partial charge is 0.467 e. The Balaban J connectivity index is 2.48. The van der Waals surface area contributed by atoms with E-state index in [1.54, 1.807) is 7.11 Å². The molecule has 1 aromatic rings. The minimum absolute atomic E-state index is 0.317. The molecule has 7 heteroatoms. The van der Waals surface area contributed by atoms with Crippen LogP contribution in [0.15, 0.2) is 0 Å². The third-order valence-electron chi connectivity index (χ3n) is 2.98. The molecule has 0 spiro atoms. The standard InChI is InChI=1S/C13H26N6O/c1-6-14-11-16-12(18-13(17-11)20-5)15-8-7-9-19(4)10(2)3/h10H,6-9H2,1-5H3,(H2,14,15,16,17,18). The van der Waals surface area contributed by atoms with E-state index in [9.17, 15) is 0 Å². The molecule has 0 saturated carbocycles. The molecule has 0 atom stereocenters. The van der Waals surface area contributed by atoms with Crippen molar-refractivity contribution < 1.29 is 4.74 Å². The Bertz CT molecular complexity index is 398. The highest BCUT2D eigenvalue weighted by molar-refractivity contribution is 5.35. The van der Waals surface area contributed by atoms with Crippen LogP contribution in [0.5, 0.6) is 6.01 Å². The number of rotatable bonds is 9. The predicted molar refractivity (Wildman–Crippen MR) is 81.4 cm³/mol. The lowest BCUT2D eigenvalue weighted by Gasteiger charge is -2.20. The van der Waals surface area contributed by atoms with Gasteiger partial charge in [-0.15, -0.1) is 0 Å². The van der Waals surface area contributed by atoms with Gasteiger partial charge in [-0.05, 0) is 40.8 Å². The molecule has 20 heavy (non-hydrogen) atoms. The molecule has 114 valence electrons. The van der Waals surface area contributed by atoms with Crippen LogP contribution in [-0.4, -0.2) is 59.7 Å². The van der Waals surface area contributed by atoms with E-state index in [2.05, 4.69) is 51.4 Å². The molecule has 0 aliphatic carbocycles. The van der Waals surface area contributed by atoms with Crippen LogP contribution in [0.2, 0.25) is 0 Å². The maximum absolute atomic E-state index is 5.07. The molecule has 0 aliphatic heterocycles. The maximum atomic E-state index is 5.07. The highest BCUT2D eigenvalue weighted by atomic mass is 16.5. The van der Waals surface area contributed by atoms with E-state index < -0.39 is 0 Å². The monoisotopic (exact) mass is 282 g/mol. The lowest BCUT2D eigenvalue weighted by Crippen LogP contribution is -2.28. The molecular formula is C13H26N6O. The normalized spacial score (nSPS) is 10.9. The van der Waals surface area contributed by atoms with Gasteiger partial charge in [-0.3, -0.25) is 0 Å². The van der Waals surface area contributed by atoms with Crippen LogP contribution in [0.1, 0.15) is 27.2 Å². The number of nitrogens with zero attached hydrogens (tertiary/aromatic N) is 4. The third kappa shape index (κ3) is 5.56. The summed E-state index contributed by atoms with van der Waals surface area (Å²) >= 11 is 0. The molecule has 0 bridgehead atoms. The Morgan fingerprint density at radius 2 is 1.80 bits per heavy atom. The van der Waals surface area contributed by atoms with E-state index in [0.29, 0.717) is 23.9 Å². The van der Waals surface area contributed by atoms with Gasteiger partial charge < -0.3 is 20.3 Å². The lowest BCUT2D eigenvalue weighted by atomic mass is 10.3. The number of nitrogens with one attached hydrogen (secondary N) is 2. The molecule has 0 aliphatic rings. The summed E-state index contributed by atoms with van der Waals surface area (Å²) in [6.07, 6.45) is 1.03. The van der Waals surface area contributed by atoms with Crippen molar-refractivity contribution in [2.24, 2.45) is 0 Å². The van der Waals surface area contributed by atoms with Crippen molar-refractivity contribution in [2.75, 3.05) is 44.4 Å². The SMILES string of the molecule is CCNc1nc(NCCCN(C)C(C)C)nc(OC)n1. The number of hydrogen-bond donors (Lipinski definition) is 2. The van der Waals surface area contributed by atoms with Crippen molar-refractivity contribution in [3.8, 4) is 6.01 Å². The summed E-state index contributed by atoms with van der Waals surface area (Å²) in [7, 11) is 3.67. The molecule has 2 N–H and O–H groups in total. The first-order valence-electron chi connectivity index (χ1n) is 7.04. The summed E-state index contributed by atoms with van der Waals surface area (Å²) in [5, 5.41) is 6.26. The Kier molecular flexibility index (Phi) is 7.00. The Hall–Kier alpha value is -1.63. The van der Waals surface area contributed by atoms with E-state index >= 15 is 0 Å². The smallest absolute Gasteiger partial charge is 0.322 e. The number of hydrogen-bond acceptors (Lipinski definition) is 7. The Morgan fingerprint density at radius 3 is 2.35 bits per heavy atom. The van der Waals surface area contributed by atoms with Crippen molar-refractivity contribution in [2.45, 2.75) is 33.2 Å². The fraction of sp³-hybridized carbons (Fsp3) is 0.769. The molecule has 1 heterocycles. The molecular weight excluding hydrogens is 256 g/mol. The maximum Gasteiger partial charge on any atom is 0.322 e. The second kappa shape index (κ2) is 8.52. The third-order valence-corrected chi connectivity index (χ3v) is 2.98. The second-order valence-electron chi connectivity index (χ2n) is 4.85. The topological polar surface area (TPSA) is 75.2 Å². The number of anilines is 2. The van der Waals surface area contributed by atoms with E-state index in [1.807, 2.05) is 6.92 Å². The lowest BCUT2D eigenvalue weighted by molar-refractivity contribution is 0.273. The summed E-state index contributed by atoms with van der Waals surface area (Å²) in [6.45, 7) is 8.97. The Labute approximate surface area is 121 Å². The van der Waals surface area contributed by atoms with Gasteiger partial charge in [0.2, 0.25) is 11.9 Å². The fourth-order valence-corrected chi connectivity index (χ4v) is 1.55. The van der Waals surface area contributed by atoms with Gasteiger partial charge in [-0.2, -0.15) is 15.0 Å². The molecule has 0 amide bonds. The van der Waals surface area contributed by atoms with Crippen LogP contribution in [0, 0.1) is 0 Å². The molecule has 0 unspecified atom stereocenters. The second-order valence-corrected chi connectivity index (χ2v) is 4.85. The molecule has 0 saturated heterocycles.